The van der Waals surface area contributed by atoms with E-state index in [9.17, 15) is 14.4 Å². The zero-order valence-electron chi connectivity index (χ0n) is 10.6. The molecule has 7 heteroatoms. The van der Waals surface area contributed by atoms with Gasteiger partial charge in [0, 0.05) is 12.5 Å². The molecule has 0 aliphatic heterocycles. The van der Waals surface area contributed by atoms with E-state index in [-0.39, 0.29) is 12.5 Å². The Morgan fingerprint density at radius 1 is 1.22 bits per heavy atom. The Kier molecular flexibility index (Phi) is 7.18. The number of rotatable bonds is 6. The van der Waals surface area contributed by atoms with Crippen LogP contribution in [0.25, 0.3) is 0 Å². The highest BCUT2D eigenvalue weighted by Crippen LogP contribution is 1.95. The van der Waals surface area contributed by atoms with E-state index in [1.54, 1.807) is 13.8 Å². The van der Waals surface area contributed by atoms with Gasteiger partial charge in [-0.25, -0.2) is 4.79 Å². The van der Waals surface area contributed by atoms with E-state index in [2.05, 4.69) is 21.4 Å². The summed E-state index contributed by atoms with van der Waals surface area (Å²) in [7, 11) is 0. The molecule has 7 nitrogen and oxygen atoms in total. The molecule has 1 atom stereocenters. The lowest BCUT2D eigenvalue weighted by atomic mass is 10.3. The Labute approximate surface area is 105 Å². The smallest absolute Gasteiger partial charge is 0.429 e. The first-order valence-corrected chi connectivity index (χ1v) is 5.23. The molecule has 0 rings (SSSR count). The third-order valence-corrected chi connectivity index (χ3v) is 1.67. The summed E-state index contributed by atoms with van der Waals surface area (Å²) in [5.74, 6) is -0.886. The molecule has 0 fully saturated rings. The van der Waals surface area contributed by atoms with E-state index in [1.165, 1.54) is 6.92 Å². The van der Waals surface area contributed by atoms with Crippen LogP contribution < -0.4 is 5.32 Å². The van der Waals surface area contributed by atoms with Gasteiger partial charge in [-0.2, -0.15) is 0 Å². The highest BCUT2D eigenvalue weighted by Gasteiger charge is 2.12. The first-order chi connectivity index (χ1) is 8.32. The zero-order valence-corrected chi connectivity index (χ0v) is 10.6. The monoisotopic (exact) mass is 259 g/mol. The number of carbonyl (C=O) groups excluding carboxylic acids is 3. The van der Waals surface area contributed by atoms with Gasteiger partial charge in [-0.15, -0.1) is 0 Å². The average Bonchev–Trinajstić information content (AvgIpc) is 2.24. The number of esters is 1. The van der Waals surface area contributed by atoms with Gasteiger partial charge in [-0.1, -0.05) is 6.58 Å². The molecular weight excluding hydrogens is 242 g/mol. The molecular formula is C11H17NO6. The van der Waals surface area contributed by atoms with E-state index in [4.69, 9.17) is 4.74 Å². The predicted octanol–water partition coefficient (Wildman–Crippen LogP) is 0.741. The molecule has 102 valence electrons. The minimum Gasteiger partial charge on any atom is -0.429 e. The molecule has 0 saturated heterocycles. The molecule has 0 heterocycles. The normalized spacial score (nSPS) is 11.1. The van der Waals surface area contributed by atoms with Gasteiger partial charge in [0.25, 0.3) is 0 Å². The van der Waals surface area contributed by atoms with Gasteiger partial charge in [-0.05, 0) is 13.8 Å². The first-order valence-electron chi connectivity index (χ1n) is 5.23. The molecule has 0 aromatic carbocycles. The SMILES string of the molecule is C=C(C)C(=O)NCC(C)OC(=O)OCOC(C)=O. The summed E-state index contributed by atoms with van der Waals surface area (Å²) in [6.45, 7) is 7.41. The number of nitrogens with one attached hydrogen (secondary N) is 1. The molecule has 0 aliphatic carbocycles. The summed E-state index contributed by atoms with van der Waals surface area (Å²) in [5, 5.41) is 2.50. The minimum atomic E-state index is -0.978. The van der Waals surface area contributed by atoms with Crippen molar-refractivity contribution in [3.63, 3.8) is 0 Å². The summed E-state index contributed by atoms with van der Waals surface area (Å²) in [6.07, 6.45) is -1.55. The van der Waals surface area contributed by atoms with E-state index in [0.717, 1.165) is 0 Å². The van der Waals surface area contributed by atoms with Gasteiger partial charge < -0.3 is 19.5 Å². The van der Waals surface area contributed by atoms with E-state index < -0.39 is 25.0 Å². The summed E-state index contributed by atoms with van der Waals surface area (Å²) < 4.78 is 13.6. The molecule has 0 aromatic rings. The molecule has 18 heavy (non-hydrogen) atoms. The quantitative estimate of drug-likeness (QED) is 0.430. The third-order valence-electron chi connectivity index (χ3n) is 1.67. The topological polar surface area (TPSA) is 90.9 Å². The Morgan fingerprint density at radius 3 is 2.33 bits per heavy atom. The van der Waals surface area contributed by atoms with Crippen LogP contribution in [0.15, 0.2) is 12.2 Å². The number of ether oxygens (including phenoxy) is 3. The van der Waals surface area contributed by atoms with Crippen LogP contribution in [-0.4, -0.2) is 37.5 Å². The van der Waals surface area contributed by atoms with E-state index in [1.807, 2.05) is 0 Å². The second kappa shape index (κ2) is 8.10. The Balaban J connectivity index is 3.77. The van der Waals surface area contributed by atoms with Crippen LogP contribution in [-0.2, 0) is 23.8 Å². The third kappa shape index (κ3) is 8.14. The number of carbonyl (C=O) groups is 3. The van der Waals surface area contributed by atoms with E-state index >= 15 is 0 Å². The van der Waals surface area contributed by atoms with Crippen LogP contribution in [0.4, 0.5) is 4.79 Å². The summed E-state index contributed by atoms with van der Waals surface area (Å²) in [5.41, 5.74) is 0.361. The fourth-order valence-corrected chi connectivity index (χ4v) is 0.788. The van der Waals surface area contributed by atoms with Gasteiger partial charge in [0.2, 0.25) is 12.7 Å². The summed E-state index contributed by atoms with van der Waals surface area (Å²) >= 11 is 0. The summed E-state index contributed by atoms with van der Waals surface area (Å²) in [4.78, 5) is 32.6. The zero-order chi connectivity index (χ0) is 14.1. The Hall–Kier alpha value is -2.05. The van der Waals surface area contributed by atoms with Crippen molar-refractivity contribution in [2.75, 3.05) is 13.3 Å². The van der Waals surface area contributed by atoms with Crippen molar-refractivity contribution in [2.45, 2.75) is 26.9 Å². The van der Waals surface area contributed by atoms with Crippen LogP contribution in [0.3, 0.4) is 0 Å². The van der Waals surface area contributed by atoms with Crippen molar-refractivity contribution in [3.05, 3.63) is 12.2 Å². The molecule has 1 unspecified atom stereocenters. The fourth-order valence-electron chi connectivity index (χ4n) is 0.788. The lowest BCUT2D eigenvalue weighted by molar-refractivity contribution is -0.150. The van der Waals surface area contributed by atoms with Crippen LogP contribution in [0.5, 0.6) is 0 Å². The number of hydrogen-bond donors (Lipinski definition) is 1. The molecule has 0 radical (unpaired) electrons. The first kappa shape index (κ1) is 16.0. The van der Waals surface area contributed by atoms with Crippen LogP contribution in [0.1, 0.15) is 20.8 Å². The molecule has 0 aliphatic rings. The molecule has 0 spiro atoms. The molecule has 1 amide bonds. The lowest BCUT2D eigenvalue weighted by Crippen LogP contribution is -2.33. The second-order valence-electron chi connectivity index (χ2n) is 3.57. The predicted molar refractivity (Wildman–Crippen MR) is 61.5 cm³/mol. The number of hydrogen-bond acceptors (Lipinski definition) is 6. The number of amides is 1. The van der Waals surface area contributed by atoms with Crippen LogP contribution >= 0.6 is 0 Å². The highest BCUT2D eigenvalue weighted by molar-refractivity contribution is 5.92. The Bertz CT molecular complexity index is 338. The second-order valence-corrected chi connectivity index (χ2v) is 3.57. The van der Waals surface area contributed by atoms with Crippen molar-refractivity contribution < 1.29 is 28.6 Å². The maximum Gasteiger partial charge on any atom is 0.511 e. The van der Waals surface area contributed by atoms with Crippen LogP contribution in [0, 0.1) is 0 Å². The van der Waals surface area contributed by atoms with Crippen LogP contribution in [0.2, 0.25) is 0 Å². The van der Waals surface area contributed by atoms with Gasteiger partial charge in [0.15, 0.2) is 0 Å². The highest BCUT2D eigenvalue weighted by atomic mass is 16.8. The summed E-state index contributed by atoms with van der Waals surface area (Å²) in [6, 6.07) is 0. The molecule has 0 saturated carbocycles. The Morgan fingerprint density at radius 2 is 1.83 bits per heavy atom. The lowest BCUT2D eigenvalue weighted by Gasteiger charge is -2.13. The van der Waals surface area contributed by atoms with Crippen molar-refractivity contribution >= 4 is 18.0 Å². The van der Waals surface area contributed by atoms with Crippen molar-refractivity contribution in [1.29, 1.82) is 0 Å². The van der Waals surface area contributed by atoms with Crippen molar-refractivity contribution in [1.82, 2.24) is 5.32 Å². The molecule has 0 bridgehead atoms. The fraction of sp³-hybridized carbons (Fsp3) is 0.545. The largest absolute Gasteiger partial charge is 0.511 e. The standard InChI is InChI=1S/C11H17NO6/c1-7(2)10(14)12-5-8(3)18-11(15)17-6-16-9(4)13/h8H,1,5-6H2,2-4H3,(H,12,14). The van der Waals surface area contributed by atoms with Crippen molar-refractivity contribution in [2.24, 2.45) is 0 Å². The van der Waals surface area contributed by atoms with Gasteiger partial charge >= 0.3 is 12.1 Å². The van der Waals surface area contributed by atoms with Crippen molar-refractivity contribution in [3.8, 4) is 0 Å². The molecule has 0 aromatic heterocycles. The minimum absolute atomic E-state index is 0.133. The average molecular weight is 259 g/mol. The maximum absolute atomic E-state index is 11.1. The molecule has 1 N–H and O–H groups in total. The maximum atomic E-state index is 11.1. The van der Waals surface area contributed by atoms with Gasteiger partial charge in [0.1, 0.15) is 6.10 Å². The van der Waals surface area contributed by atoms with E-state index in [0.29, 0.717) is 5.57 Å². The van der Waals surface area contributed by atoms with Gasteiger partial charge in [-0.3, -0.25) is 9.59 Å². The van der Waals surface area contributed by atoms with Gasteiger partial charge in [0.05, 0.1) is 6.54 Å².